The number of methoxy groups -OCH3 is 1. The topological polar surface area (TPSA) is 76.0 Å². The van der Waals surface area contributed by atoms with E-state index >= 15 is 0 Å². The van der Waals surface area contributed by atoms with E-state index in [2.05, 4.69) is 0 Å². The molecule has 106 valence electrons. The summed E-state index contributed by atoms with van der Waals surface area (Å²) in [5.74, 6) is 0. The summed E-state index contributed by atoms with van der Waals surface area (Å²) < 4.78 is 10.5. The second kappa shape index (κ2) is 8.77. The Morgan fingerprint density at radius 3 is 2.53 bits per heavy atom. The van der Waals surface area contributed by atoms with E-state index in [9.17, 15) is 9.90 Å². The molecular weight excluding hydrogens is 248 g/mol. The van der Waals surface area contributed by atoms with Crippen LogP contribution in [0.1, 0.15) is 12.0 Å². The highest BCUT2D eigenvalue weighted by atomic mass is 16.5. The van der Waals surface area contributed by atoms with Crippen LogP contribution in [0, 0.1) is 0 Å². The SMILES string of the molecule is CO[C@@H](C=O)C[C@H](OCc1ccccc1)[C@H](O)CO. The van der Waals surface area contributed by atoms with Crippen LogP contribution in [0.15, 0.2) is 30.3 Å². The van der Waals surface area contributed by atoms with Crippen molar-refractivity contribution in [1.82, 2.24) is 0 Å². The summed E-state index contributed by atoms with van der Waals surface area (Å²) in [6.45, 7) is -0.118. The summed E-state index contributed by atoms with van der Waals surface area (Å²) in [6.07, 6.45) is -1.49. The van der Waals surface area contributed by atoms with E-state index in [4.69, 9.17) is 14.6 Å². The zero-order valence-corrected chi connectivity index (χ0v) is 10.9. The van der Waals surface area contributed by atoms with Crippen molar-refractivity contribution in [3.63, 3.8) is 0 Å². The number of benzene rings is 1. The van der Waals surface area contributed by atoms with Crippen LogP contribution in [0.4, 0.5) is 0 Å². The Labute approximate surface area is 112 Å². The number of ether oxygens (including phenoxy) is 2. The maximum atomic E-state index is 10.7. The summed E-state index contributed by atoms with van der Waals surface area (Å²) in [5.41, 5.74) is 0.956. The van der Waals surface area contributed by atoms with Gasteiger partial charge in [0.1, 0.15) is 18.5 Å². The van der Waals surface area contributed by atoms with Crippen LogP contribution in [0.5, 0.6) is 0 Å². The Morgan fingerprint density at radius 2 is 2.00 bits per heavy atom. The monoisotopic (exact) mass is 268 g/mol. The van der Waals surface area contributed by atoms with Gasteiger partial charge in [-0.3, -0.25) is 0 Å². The van der Waals surface area contributed by atoms with Crippen LogP contribution in [0.2, 0.25) is 0 Å². The molecule has 0 saturated heterocycles. The zero-order chi connectivity index (χ0) is 14.1. The molecule has 0 aliphatic rings. The van der Waals surface area contributed by atoms with Crippen molar-refractivity contribution in [2.24, 2.45) is 0 Å². The lowest BCUT2D eigenvalue weighted by molar-refractivity contribution is -0.123. The normalized spacial score (nSPS) is 15.7. The van der Waals surface area contributed by atoms with Gasteiger partial charge in [0.2, 0.25) is 0 Å². The first-order valence-electron chi connectivity index (χ1n) is 6.13. The Kier molecular flexibility index (Phi) is 7.28. The molecule has 0 bridgehead atoms. The Balaban J connectivity index is 2.56. The molecule has 3 atom stereocenters. The predicted molar refractivity (Wildman–Crippen MR) is 69.6 cm³/mol. The largest absolute Gasteiger partial charge is 0.394 e. The molecule has 1 aromatic rings. The molecule has 0 saturated carbocycles. The minimum atomic E-state index is -1.04. The van der Waals surface area contributed by atoms with Crippen molar-refractivity contribution in [2.45, 2.75) is 31.3 Å². The van der Waals surface area contributed by atoms with Gasteiger partial charge in [-0.15, -0.1) is 0 Å². The van der Waals surface area contributed by atoms with Gasteiger partial charge in [-0.25, -0.2) is 0 Å². The van der Waals surface area contributed by atoms with Crippen LogP contribution in [0.3, 0.4) is 0 Å². The molecule has 0 aromatic heterocycles. The molecule has 0 fully saturated rings. The number of carbonyl (C=O) groups excluding carboxylic acids is 1. The first-order valence-corrected chi connectivity index (χ1v) is 6.13. The molecular formula is C14H20O5. The van der Waals surface area contributed by atoms with Gasteiger partial charge in [0, 0.05) is 13.5 Å². The highest BCUT2D eigenvalue weighted by Gasteiger charge is 2.23. The van der Waals surface area contributed by atoms with Gasteiger partial charge < -0.3 is 24.5 Å². The lowest BCUT2D eigenvalue weighted by Gasteiger charge is -2.24. The predicted octanol–water partition coefficient (Wildman–Crippen LogP) is 0.529. The lowest BCUT2D eigenvalue weighted by atomic mass is 10.1. The van der Waals surface area contributed by atoms with Crippen LogP contribution >= 0.6 is 0 Å². The number of hydrogen-bond donors (Lipinski definition) is 2. The van der Waals surface area contributed by atoms with Crippen LogP contribution in [-0.4, -0.2) is 48.5 Å². The van der Waals surface area contributed by atoms with Crippen molar-refractivity contribution >= 4 is 6.29 Å². The quantitative estimate of drug-likeness (QED) is 0.639. The first-order chi connectivity index (χ1) is 9.21. The van der Waals surface area contributed by atoms with Crippen molar-refractivity contribution in [3.05, 3.63) is 35.9 Å². The summed E-state index contributed by atoms with van der Waals surface area (Å²) in [7, 11) is 1.42. The number of aliphatic hydroxyl groups is 2. The van der Waals surface area contributed by atoms with E-state index in [1.165, 1.54) is 7.11 Å². The van der Waals surface area contributed by atoms with E-state index in [0.717, 1.165) is 5.56 Å². The van der Waals surface area contributed by atoms with E-state index in [0.29, 0.717) is 12.9 Å². The van der Waals surface area contributed by atoms with Gasteiger partial charge in [-0.1, -0.05) is 30.3 Å². The molecule has 1 aromatic carbocycles. The average molecular weight is 268 g/mol. The third-order valence-electron chi connectivity index (χ3n) is 2.84. The summed E-state index contributed by atoms with van der Waals surface area (Å²) in [6, 6.07) is 9.47. The standard InChI is InChI=1S/C14H20O5/c1-18-12(8-15)7-14(13(17)9-16)19-10-11-5-3-2-4-6-11/h2-6,8,12-14,16-17H,7,9-10H2,1H3/t12-,13-,14+/m1/s1. The number of aliphatic hydroxyl groups excluding tert-OH is 2. The Morgan fingerprint density at radius 1 is 1.32 bits per heavy atom. The average Bonchev–Trinajstić information content (AvgIpc) is 2.48. The summed E-state index contributed by atoms with van der Waals surface area (Å²) >= 11 is 0. The highest BCUT2D eigenvalue weighted by Crippen LogP contribution is 2.12. The van der Waals surface area contributed by atoms with Gasteiger partial charge in [0.15, 0.2) is 0 Å². The fraction of sp³-hybridized carbons (Fsp3) is 0.500. The summed E-state index contributed by atoms with van der Waals surface area (Å²) in [5, 5.41) is 18.7. The molecule has 19 heavy (non-hydrogen) atoms. The molecule has 1 rings (SSSR count). The Bertz CT molecular complexity index is 354. The van der Waals surface area contributed by atoms with Crippen molar-refractivity contribution in [1.29, 1.82) is 0 Å². The van der Waals surface area contributed by atoms with Crippen molar-refractivity contribution < 1.29 is 24.5 Å². The molecule has 0 spiro atoms. The third kappa shape index (κ3) is 5.48. The van der Waals surface area contributed by atoms with Crippen LogP contribution in [0.25, 0.3) is 0 Å². The first kappa shape index (κ1) is 15.8. The number of carbonyl (C=O) groups is 1. The van der Waals surface area contributed by atoms with Crippen LogP contribution < -0.4 is 0 Å². The van der Waals surface area contributed by atoms with E-state index in [1.807, 2.05) is 30.3 Å². The third-order valence-corrected chi connectivity index (χ3v) is 2.84. The number of hydrogen-bond acceptors (Lipinski definition) is 5. The molecule has 5 heteroatoms. The minimum absolute atomic E-state index is 0.203. The molecule has 0 amide bonds. The molecule has 0 aliphatic heterocycles. The van der Waals surface area contributed by atoms with Gasteiger partial charge in [-0.05, 0) is 5.56 Å². The maximum absolute atomic E-state index is 10.7. The van der Waals surface area contributed by atoms with Gasteiger partial charge in [0.25, 0.3) is 0 Å². The van der Waals surface area contributed by atoms with E-state index < -0.39 is 24.9 Å². The van der Waals surface area contributed by atoms with Gasteiger partial charge in [0.05, 0.1) is 19.3 Å². The smallest absolute Gasteiger partial charge is 0.148 e. The second-order valence-electron chi connectivity index (χ2n) is 4.23. The van der Waals surface area contributed by atoms with Gasteiger partial charge in [-0.2, -0.15) is 0 Å². The fourth-order valence-corrected chi connectivity index (χ4v) is 1.67. The molecule has 2 N–H and O–H groups in total. The molecule has 5 nitrogen and oxygen atoms in total. The van der Waals surface area contributed by atoms with Crippen molar-refractivity contribution in [3.8, 4) is 0 Å². The highest BCUT2D eigenvalue weighted by molar-refractivity contribution is 5.55. The summed E-state index contributed by atoms with van der Waals surface area (Å²) in [4.78, 5) is 10.7. The molecule has 0 radical (unpaired) electrons. The van der Waals surface area contributed by atoms with Gasteiger partial charge >= 0.3 is 0 Å². The number of aldehydes is 1. The zero-order valence-electron chi connectivity index (χ0n) is 10.9. The second-order valence-corrected chi connectivity index (χ2v) is 4.23. The lowest BCUT2D eigenvalue weighted by Crippen LogP contribution is -2.36. The fourth-order valence-electron chi connectivity index (χ4n) is 1.67. The maximum Gasteiger partial charge on any atom is 0.148 e. The van der Waals surface area contributed by atoms with E-state index in [1.54, 1.807) is 0 Å². The molecule has 0 heterocycles. The van der Waals surface area contributed by atoms with Crippen molar-refractivity contribution in [2.75, 3.05) is 13.7 Å². The Hall–Kier alpha value is -1.27. The van der Waals surface area contributed by atoms with Crippen LogP contribution in [-0.2, 0) is 20.9 Å². The number of rotatable bonds is 9. The van der Waals surface area contributed by atoms with E-state index in [-0.39, 0.29) is 6.42 Å². The minimum Gasteiger partial charge on any atom is -0.394 e. The molecule has 0 unspecified atom stereocenters. The molecule has 0 aliphatic carbocycles.